The van der Waals surface area contributed by atoms with Gasteiger partial charge >= 0.3 is 0 Å². The molecule has 2 aliphatic heterocycles. The number of hydrogen-bond donors (Lipinski definition) is 1. The Hall–Kier alpha value is -3.64. The third kappa shape index (κ3) is 4.41. The van der Waals surface area contributed by atoms with E-state index in [0.717, 1.165) is 60.4 Å². The van der Waals surface area contributed by atoms with E-state index < -0.39 is 0 Å². The van der Waals surface area contributed by atoms with Gasteiger partial charge in [0.2, 0.25) is 0 Å². The molecule has 1 atom stereocenters. The molecule has 0 spiro atoms. The Bertz CT molecular complexity index is 1530. The highest BCUT2D eigenvalue weighted by Gasteiger charge is 2.33. The van der Waals surface area contributed by atoms with Crippen molar-refractivity contribution in [3.63, 3.8) is 0 Å². The standard InChI is InChI=1S/C27H30N10OS/c38-26(31-24-14-39-27(32-24)25-33-30-16-37(25)18-5-6-18)20-10-22(36-13-21(29-15-36)17-3-4-17)23(11-28-20)35-9-8-34-7-1-2-19(34)12-35/h10-11,13-19H,1-9,12H2,(H,31,38). The van der Waals surface area contributed by atoms with E-state index >= 15 is 0 Å². The highest BCUT2D eigenvalue weighted by molar-refractivity contribution is 7.13. The van der Waals surface area contributed by atoms with E-state index in [1.54, 1.807) is 6.33 Å². The lowest BCUT2D eigenvalue weighted by Gasteiger charge is -2.39. The zero-order valence-electron chi connectivity index (χ0n) is 21.6. The number of anilines is 2. The maximum Gasteiger partial charge on any atom is 0.275 e. The summed E-state index contributed by atoms with van der Waals surface area (Å²) in [5.41, 5.74) is 3.47. The molecule has 6 heterocycles. The lowest BCUT2D eigenvalue weighted by atomic mass is 10.1. The molecule has 0 bridgehead atoms. The molecule has 4 fully saturated rings. The molecule has 39 heavy (non-hydrogen) atoms. The molecule has 12 heteroatoms. The molecule has 0 radical (unpaired) electrons. The Morgan fingerprint density at radius 1 is 1.00 bits per heavy atom. The molecule has 1 amide bonds. The summed E-state index contributed by atoms with van der Waals surface area (Å²) < 4.78 is 4.14. The largest absolute Gasteiger partial charge is 0.366 e. The predicted octanol–water partition coefficient (Wildman–Crippen LogP) is 3.73. The third-order valence-corrected chi connectivity index (χ3v) is 9.19. The molecule has 2 saturated heterocycles. The Kier molecular flexibility index (Phi) is 5.51. The van der Waals surface area contributed by atoms with Crippen LogP contribution in [0.5, 0.6) is 0 Å². The van der Waals surface area contributed by atoms with E-state index in [-0.39, 0.29) is 5.91 Å². The van der Waals surface area contributed by atoms with Gasteiger partial charge in [-0.3, -0.25) is 9.69 Å². The van der Waals surface area contributed by atoms with Crippen molar-refractivity contribution < 1.29 is 4.79 Å². The molecule has 4 aromatic heterocycles. The van der Waals surface area contributed by atoms with E-state index in [1.807, 2.05) is 24.0 Å². The molecule has 4 aromatic rings. The number of imidazole rings is 1. The van der Waals surface area contributed by atoms with Crippen LogP contribution in [0.15, 0.2) is 36.5 Å². The normalized spacial score (nSPS) is 21.3. The van der Waals surface area contributed by atoms with Gasteiger partial charge in [0.05, 0.1) is 29.6 Å². The van der Waals surface area contributed by atoms with Gasteiger partial charge in [0.1, 0.15) is 17.8 Å². The average molecular weight is 543 g/mol. The molecule has 0 aromatic carbocycles. The molecule has 8 rings (SSSR count). The van der Waals surface area contributed by atoms with Crippen LogP contribution in [0, 0.1) is 0 Å². The van der Waals surface area contributed by atoms with Crippen molar-refractivity contribution in [1.29, 1.82) is 0 Å². The molecule has 2 saturated carbocycles. The monoisotopic (exact) mass is 542 g/mol. The second-order valence-corrected chi connectivity index (χ2v) is 12.0. The summed E-state index contributed by atoms with van der Waals surface area (Å²) in [4.78, 5) is 32.3. The van der Waals surface area contributed by atoms with Crippen LogP contribution in [0.2, 0.25) is 0 Å². The second-order valence-electron chi connectivity index (χ2n) is 11.1. The first kappa shape index (κ1) is 23.3. The first-order chi connectivity index (χ1) is 19.2. The fourth-order valence-electron chi connectivity index (χ4n) is 5.91. The molecular formula is C27H30N10OS. The van der Waals surface area contributed by atoms with Gasteiger partial charge in [0.15, 0.2) is 10.8 Å². The van der Waals surface area contributed by atoms with Gasteiger partial charge in [-0.05, 0) is 51.1 Å². The van der Waals surface area contributed by atoms with Crippen LogP contribution >= 0.6 is 11.3 Å². The minimum Gasteiger partial charge on any atom is -0.366 e. The number of aromatic nitrogens is 7. The number of carbonyl (C=O) groups is 1. The van der Waals surface area contributed by atoms with Crippen LogP contribution < -0.4 is 10.2 Å². The van der Waals surface area contributed by atoms with Crippen LogP contribution in [0.3, 0.4) is 0 Å². The number of hydrogen-bond acceptors (Lipinski definition) is 9. The van der Waals surface area contributed by atoms with Gasteiger partial charge in [-0.15, -0.1) is 21.5 Å². The molecule has 4 aliphatic rings. The van der Waals surface area contributed by atoms with Crippen LogP contribution in [-0.4, -0.2) is 77.3 Å². The second kappa shape index (κ2) is 9.23. The highest BCUT2D eigenvalue weighted by atomic mass is 32.1. The highest BCUT2D eigenvalue weighted by Crippen LogP contribution is 2.40. The van der Waals surface area contributed by atoms with Crippen LogP contribution in [0.4, 0.5) is 11.5 Å². The van der Waals surface area contributed by atoms with Crippen molar-refractivity contribution >= 4 is 28.7 Å². The molecule has 11 nitrogen and oxygen atoms in total. The van der Waals surface area contributed by atoms with Crippen LogP contribution in [0.1, 0.15) is 66.7 Å². The number of piperazine rings is 1. The number of amides is 1. The molecule has 200 valence electrons. The summed E-state index contributed by atoms with van der Waals surface area (Å²) in [6, 6.07) is 2.93. The van der Waals surface area contributed by atoms with Gasteiger partial charge in [0, 0.05) is 49.2 Å². The number of nitrogens with one attached hydrogen (secondary N) is 1. The number of rotatable bonds is 7. The van der Waals surface area contributed by atoms with Crippen molar-refractivity contribution in [2.45, 2.75) is 56.5 Å². The first-order valence-electron chi connectivity index (χ1n) is 13.9. The summed E-state index contributed by atoms with van der Waals surface area (Å²) in [7, 11) is 0. The number of fused-ring (bicyclic) bond motifs is 1. The van der Waals surface area contributed by atoms with E-state index in [2.05, 4.69) is 55.6 Å². The molecule has 2 aliphatic carbocycles. The summed E-state index contributed by atoms with van der Waals surface area (Å²) in [6.45, 7) is 4.20. The zero-order valence-corrected chi connectivity index (χ0v) is 22.4. The Labute approximate surface area is 229 Å². The number of thiazole rings is 1. The summed E-state index contributed by atoms with van der Waals surface area (Å²) in [6.07, 6.45) is 14.8. The van der Waals surface area contributed by atoms with Crippen molar-refractivity contribution in [1.82, 2.24) is 39.2 Å². The maximum atomic E-state index is 13.4. The van der Waals surface area contributed by atoms with Crippen LogP contribution in [0.25, 0.3) is 16.5 Å². The lowest BCUT2D eigenvalue weighted by molar-refractivity contribution is 0.102. The fraction of sp³-hybridized carbons (Fsp3) is 0.481. The number of nitrogens with zero attached hydrogens (tertiary/aromatic N) is 9. The van der Waals surface area contributed by atoms with E-state index in [4.69, 9.17) is 0 Å². The predicted molar refractivity (Wildman–Crippen MR) is 147 cm³/mol. The molecule has 1 unspecified atom stereocenters. The van der Waals surface area contributed by atoms with E-state index in [1.165, 1.54) is 43.6 Å². The maximum absolute atomic E-state index is 13.4. The summed E-state index contributed by atoms with van der Waals surface area (Å²) in [5, 5.41) is 13.8. The Morgan fingerprint density at radius 2 is 1.92 bits per heavy atom. The van der Waals surface area contributed by atoms with Gasteiger partial charge in [-0.2, -0.15) is 0 Å². The van der Waals surface area contributed by atoms with Crippen molar-refractivity contribution in [2.24, 2.45) is 0 Å². The summed E-state index contributed by atoms with van der Waals surface area (Å²) in [5.74, 6) is 1.52. The smallest absolute Gasteiger partial charge is 0.275 e. The molecule has 1 N–H and O–H groups in total. The van der Waals surface area contributed by atoms with Gasteiger partial charge in [-0.1, -0.05) is 0 Å². The van der Waals surface area contributed by atoms with Crippen LogP contribution in [-0.2, 0) is 0 Å². The average Bonchev–Trinajstić information content (AvgIpc) is 3.72. The third-order valence-electron chi connectivity index (χ3n) is 8.35. The van der Waals surface area contributed by atoms with Gasteiger partial charge < -0.3 is 19.4 Å². The minimum atomic E-state index is -0.286. The van der Waals surface area contributed by atoms with Crippen molar-refractivity contribution in [2.75, 3.05) is 36.4 Å². The first-order valence-corrected chi connectivity index (χ1v) is 14.8. The summed E-state index contributed by atoms with van der Waals surface area (Å²) >= 11 is 1.45. The Morgan fingerprint density at radius 3 is 2.79 bits per heavy atom. The van der Waals surface area contributed by atoms with Crippen molar-refractivity contribution in [3.05, 3.63) is 47.9 Å². The quantitative estimate of drug-likeness (QED) is 0.376. The van der Waals surface area contributed by atoms with Crippen molar-refractivity contribution in [3.8, 4) is 16.5 Å². The number of pyridine rings is 1. The SMILES string of the molecule is O=C(Nc1csc(-c2nncn2C2CC2)n1)c1cc(-n2cnc(C3CC3)c2)c(N2CCN3CCCC3C2)cn1. The zero-order chi connectivity index (χ0) is 25.9. The van der Waals surface area contributed by atoms with E-state index in [0.29, 0.717) is 29.5 Å². The van der Waals surface area contributed by atoms with E-state index in [9.17, 15) is 4.79 Å². The van der Waals surface area contributed by atoms with Gasteiger partial charge in [0.25, 0.3) is 5.91 Å². The molecular weight excluding hydrogens is 512 g/mol. The Balaban J connectivity index is 1.07. The van der Waals surface area contributed by atoms with Gasteiger partial charge in [-0.25, -0.2) is 15.0 Å². The topological polar surface area (TPSA) is 110 Å². The lowest BCUT2D eigenvalue weighted by Crippen LogP contribution is -2.50. The fourth-order valence-corrected chi connectivity index (χ4v) is 6.65. The number of carbonyl (C=O) groups excluding carboxylic acids is 1. The minimum absolute atomic E-state index is 0.286.